The maximum Gasteiger partial charge on any atom is 0.336 e. The first-order chi connectivity index (χ1) is 11.0. The first-order valence-corrected chi connectivity index (χ1v) is 7.18. The van der Waals surface area contributed by atoms with Crippen LogP contribution < -0.4 is 9.47 Å². The predicted octanol–water partition coefficient (Wildman–Crippen LogP) is 2.30. The van der Waals surface area contributed by atoms with E-state index in [1.165, 1.54) is 0 Å². The van der Waals surface area contributed by atoms with E-state index in [4.69, 9.17) is 9.47 Å². The van der Waals surface area contributed by atoms with Gasteiger partial charge in [-0.2, -0.15) is 0 Å². The number of aliphatic carboxylic acids is 1. The summed E-state index contributed by atoms with van der Waals surface area (Å²) in [6, 6.07) is 14.0. The minimum Gasteiger partial charge on any atom is -0.497 e. The normalized spacial score (nSPS) is 11.1. The Morgan fingerprint density at radius 3 is 1.48 bits per heavy atom. The third kappa shape index (κ3) is 4.23. The quantitative estimate of drug-likeness (QED) is 0.820. The molecule has 0 aliphatic heterocycles. The van der Waals surface area contributed by atoms with Crippen molar-refractivity contribution in [1.29, 1.82) is 0 Å². The number of carboxylic acid groups (broad SMARTS) is 1. The molecular formula is C18H20O5. The van der Waals surface area contributed by atoms with Crippen molar-refractivity contribution in [3.8, 4) is 11.5 Å². The second-order valence-corrected chi connectivity index (χ2v) is 5.39. The van der Waals surface area contributed by atoms with E-state index in [0.29, 0.717) is 11.5 Å². The van der Waals surface area contributed by atoms with Crippen LogP contribution in [0.1, 0.15) is 11.1 Å². The van der Waals surface area contributed by atoms with Gasteiger partial charge in [0.05, 0.1) is 14.2 Å². The molecule has 2 rings (SSSR count). The van der Waals surface area contributed by atoms with Gasteiger partial charge in [0, 0.05) is 12.8 Å². The van der Waals surface area contributed by atoms with E-state index in [0.717, 1.165) is 11.1 Å². The molecule has 0 saturated carbocycles. The highest BCUT2D eigenvalue weighted by atomic mass is 16.5. The van der Waals surface area contributed by atoms with Crippen LogP contribution in [0, 0.1) is 0 Å². The van der Waals surface area contributed by atoms with Crippen LogP contribution in [0.15, 0.2) is 48.5 Å². The van der Waals surface area contributed by atoms with E-state index in [-0.39, 0.29) is 12.8 Å². The Labute approximate surface area is 135 Å². The first kappa shape index (κ1) is 16.8. The molecule has 0 aliphatic carbocycles. The van der Waals surface area contributed by atoms with Gasteiger partial charge < -0.3 is 19.7 Å². The molecular weight excluding hydrogens is 296 g/mol. The van der Waals surface area contributed by atoms with Gasteiger partial charge >= 0.3 is 5.97 Å². The second kappa shape index (κ2) is 7.15. The summed E-state index contributed by atoms with van der Waals surface area (Å²) in [4.78, 5) is 11.6. The summed E-state index contributed by atoms with van der Waals surface area (Å²) in [6.45, 7) is 0. The van der Waals surface area contributed by atoms with E-state index in [9.17, 15) is 15.0 Å². The summed E-state index contributed by atoms with van der Waals surface area (Å²) in [5.74, 6) is 0.120. The van der Waals surface area contributed by atoms with Crippen LogP contribution >= 0.6 is 0 Å². The maximum atomic E-state index is 11.6. The number of ether oxygens (including phenoxy) is 2. The van der Waals surface area contributed by atoms with Crippen LogP contribution in [-0.4, -0.2) is 36.0 Å². The molecule has 0 amide bonds. The van der Waals surface area contributed by atoms with Gasteiger partial charge in [0.2, 0.25) is 0 Å². The summed E-state index contributed by atoms with van der Waals surface area (Å²) in [6.07, 6.45) is 0.0245. The number of hydrogen-bond donors (Lipinski definition) is 2. The molecule has 2 N–H and O–H groups in total. The summed E-state index contributed by atoms with van der Waals surface area (Å²) < 4.78 is 10.1. The van der Waals surface area contributed by atoms with Crippen molar-refractivity contribution in [3.63, 3.8) is 0 Å². The molecule has 0 aliphatic rings. The highest BCUT2D eigenvalue weighted by Gasteiger charge is 2.36. The number of methoxy groups -OCH3 is 2. The van der Waals surface area contributed by atoms with Crippen molar-refractivity contribution < 1.29 is 24.5 Å². The number of carbonyl (C=O) groups is 1. The minimum atomic E-state index is -1.87. The number of hydrogen-bond acceptors (Lipinski definition) is 4. The van der Waals surface area contributed by atoms with Crippen molar-refractivity contribution in [2.45, 2.75) is 18.4 Å². The number of carboxylic acids is 1. The molecule has 0 heterocycles. The molecule has 0 saturated heterocycles. The van der Waals surface area contributed by atoms with Crippen LogP contribution in [0.5, 0.6) is 11.5 Å². The monoisotopic (exact) mass is 316 g/mol. The summed E-state index contributed by atoms with van der Waals surface area (Å²) in [5.41, 5.74) is -0.420. The maximum absolute atomic E-state index is 11.6. The molecule has 0 radical (unpaired) electrons. The SMILES string of the molecule is COc1ccc(CC(O)(Cc2ccc(OC)cc2)C(=O)O)cc1. The highest BCUT2D eigenvalue weighted by Crippen LogP contribution is 2.23. The van der Waals surface area contributed by atoms with Gasteiger partial charge in [-0.25, -0.2) is 4.79 Å². The number of rotatable bonds is 7. The van der Waals surface area contributed by atoms with Gasteiger partial charge in [-0.1, -0.05) is 24.3 Å². The van der Waals surface area contributed by atoms with Gasteiger partial charge in [0.25, 0.3) is 0 Å². The number of aliphatic hydroxyl groups is 1. The molecule has 122 valence electrons. The van der Waals surface area contributed by atoms with Crippen LogP contribution in [0.25, 0.3) is 0 Å². The van der Waals surface area contributed by atoms with E-state index >= 15 is 0 Å². The van der Waals surface area contributed by atoms with Crippen LogP contribution in [-0.2, 0) is 17.6 Å². The van der Waals surface area contributed by atoms with E-state index in [2.05, 4.69) is 0 Å². The lowest BCUT2D eigenvalue weighted by Crippen LogP contribution is -2.43. The Kier molecular flexibility index (Phi) is 5.24. The lowest BCUT2D eigenvalue weighted by molar-refractivity contribution is -0.158. The molecule has 0 aromatic heterocycles. The van der Waals surface area contributed by atoms with Gasteiger partial charge in [-0.15, -0.1) is 0 Å². The van der Waals surface area contributed by atoms with Gasteiger partial charge in [-0.05, 0) is 35.4 Å². The molecule has 0 unspecified atom stereocenters. The van der Waals surface area contributed by atoms with Crippen LogP contribution in [0.2, 0.25) is 0 Å². The Morgan fingerprint density at radius 2 is 1.22 bits per heavy atom. The highest BCUT2D eigenvalue weighted by molar-refractivity contribution is 5.78. The molecule has 0 fully saturated rings. The van der Waals surface area contributed by atoms with E-state index in [1.54, 1.807) is 62.8 Å². The molecule has 0 atom stereocenters. The largest absolute Gasteiger partial charge is 0.497 e. The summed E-state index contributed by atoms with van der Waals surface area (Å²) in [5, 5.41) is 20.0. The topological polar surface area (TPSA) is 76.0 Å². The molecule has 0 spiro atoms. The second-order valence-electron chi connectivity index (χ2n) is 5.39. The summed E-state index contributed by atoms with van der Waals surface area (Å²) >= 11 is 0. The van der Waals surface area contributed by atoms with Crippen molar-refractivity contribution in [3.05, 3.63) is 59.7 Å². The smallest absolute Gasteiger partial charge is 0.336 e. The fourth-order valence-electron chi connectivity index (χ4n) is 2.38. The lowest BCUT2D eigenvalue weighted by atomic mass is 9.88. The lowest BCUT2D eigenvalue weighted by Gasteiger charge is -2.24. The van der Waals surface area contributed by atoms with Gasteiger partial charge in [0.15, 0.2) is 5.60 Å². The fraction of sp³-hybridized carbons (Fsp3) is 0.278. The molecule has 5 heteroatoms. The third-order valence-electron chi connectivity index (χ3n) is 3.71. The van der Waals surface area contributed by atoms with Gasteiger partial charge in [0.1, 0.15) is 11.5 Å². The zero-order chi connectivity index (χ0) is 16.9. The molecule has 23 heavy (non-hydrogen) atoms. The Balaban J connectivity index is 2.18. The first-order valence-electron chi connectivity index (χ1n) is 7.18. The van der Waals surface area contributed by atoms with E-state index in [1.807, 2.05) is 0 Å². The zero-order valence-electron chi connectivity index (χ0n) is 13.2. The van der Waals surface area contributed by atoms with Crippen LogP contribution in [0.4, 0.5) is 0 Å². The standard InChI is InChI=1S/C18H20O5/c1-22-15-7-3-13(4-8-15)11-18(21,17(19)20)12-14-5-9-16(23-2)10-6-14/h3-10,21H,11-12H2,1-2H3,(H,19,20). The van der Waals surface area contributed by atoms with Gasteiger partial charge in [-0.3, -0.25) is 0 Å². The molecule has 2 aromatic rings. The van der Waals surface area contributed by atoms with Crippen molar-refractivity contribution in [2.24, 2.45) is 0 Å². The molecule has 0 bridgehead atoms. The molecule has 2 aromatic carbocycles. The Morgan fingerprint density at radius 1 is 0.870 bits per heavy atom. The summed E-state index contributed by atoms with van der Waals surface area (Å²) in [7, 11) is 3.12. The average Bonchev–Trinajstić information content (AvgIpc) is 2.56. The Hall–Kier alpha value is -2.53. The van der Waals surface area contributed by atoms with E-state index < -0.39 is 11.6 Å². The average molecular weight is 316 g/mol. The Bertz CT molecular complexity index is 597. The van der Waals surface area contributed by atoms with Crippen LogP contribution in [0.3, 0.4) is 0 Å². The molecule has 5 nitrogen and oxygen atoms in total. The zero-order valence-corrected chi connectivity index (χ0v) is 13.2. The predicted molar refractivity (Wildman–Crippen MR) is 86.0 cm³/mol. The minimum absolute atomic E-state index is 0.0123. The van der Waals surface area contributed by atoms with Crippen molar-refractivity contribution in [2.75, 3.05) is 14.2 Å². The van der Waals surface area contributed by atoms with Crippen molar-refractivity contribution in [1.82, 2.24) is 0 Å². The van der Waals surface area contributed by atoms with Crippen molar-refractivity contribution >= 4 is 5.97 Å². The third-order valence-corrected chi connectivity index (χ3v) is 3.71. The fourth-order valence-corrected chi connectivity index (χ4v) is 2.38. The number of benzene rings is 2.